The third kappa shape index (κ3) is 5.43. The minimum Gasteiger partial charge on any atom is -0.491 e. The molecule has 3 N–H and O–H groups in total. The highest BCUT2D eigenvalue weighted by atomic mass is 35.5. The summed E-state index contributed by atoms with van der Waals surface area (Å²) in [5.41, 5.74) is 3.37. The van der Waals surface area contributed by atoms with Gasteiger partial charge in [0.1, 0.15) is 34.7 Å². The summed E-state index contributed by atoms with van der Waals surface area (Å²) in [4.78, 5) is 16.7. The molecule has 2 aromatic carbocycles. The Hall–Kier alpha value is -2.88. The van der Waals surface area contributed by atoms with E-state index in [1.54, 1.807) is 0 Å². The van der Waals surface area contributed by atoms with E-state index in [-0.39, 0.29) is 35.9 Å². The number of pyridine rings is 1. The van der Waals surface area contributed by atoms with E-state index in [9.17, 15) is 18.0 Å². The van der Waals surface area contributed by atoms with Crippen LogP contribution in [0.5, 0.6) is 5.75 Å². The van der Waals surface area contributed by atoms with Crippen LogP contribution in [0.25, 0.3) is 11.1 Å². The number of amides is 1. The molecule has 1 amide bonds. The van der Waals surface area contributed by atoms with E-state index in [0.717, 1.165) is 43.2 Å². The number of carbonyl (C=O) groups is 1. The maximum absolute atomic E-state index is 15.1. The van der Waals surface area contributed by atoms with Gasteiger partial charge in [0.05, 0.1) is 29.5 Å². The SMILES string of the molecule is Cl.Cl.NCC1(COc2ccncc2NC(=O)c2ccc(F)c(-c3c(F)cccc3F)c2F)CC1. The Balaban J connectivity index is 0.00000204. The van der Waals surface area contributed by atoms with Crippen LogP contribution < -0.4 is 15.8 Å². The lowest BCUT2D eigenvalue weighted by Crippen LogP contribution is -2.23. The monoisotopic (exact) mass is 517 g/mol. The topological polar surface area (TPSA) is 77.2 Å². The van der Waals surface area contributed by atoms with Crippen molar-refractivity contribution in [1.29, 1.82) is 0 Å². The van der Waals surface area contributed by atoms with Crippen LogP contribution in [0.2, 0.25) is 0 Å². The minimum atomic E-state index is -1.39. The molecular weight excluding hydrogens is 497 g/mol. The minimum absolute atomic E-state index is 0. The summed E-state index contributed by atoms with van der Waals surface area (Å²) in [5, 5.41) is 2.46. The molecule has 1 aromatic heterocycles. The highest BCUT2D eigenvalue weighted by Gasteiger charge is 2.42. The fourth-order valence-electron chi connectivity index (χ4n) is 3.30. The summed E-state index contributed by atoms with van der Waals surface area (Å²) in [6.07, 6.45) is 4.65. The Morgan fingerprint density at radius 3 is 2.26 bits per heavy atom. The van der Waals surface area contributed by atoms with Crippen LogP contribution in [0.3, 0.4) is 0 Å². The van der Waals surface area contributed by atoms with E-state index in [4.69, 9.17) is 10.5 Å². The third-order valence-electron chi connectivity index (χ3n) is 5.50. The second kappa shape index (κ2) is 11.0. The van der Waals surface area contributed by atoms with Gasteiger partial charge in [-0.2, -0.15) is 0 Å². The van der Waals surface area contributed by atoms with Crippen molar-refractivity contribution in [2.45, 2.75) is 12.8 Å². The molecule has 1 aliphatic carbocycles. The lowest BCUT2D eigenvalue weighted by Gasteiger charge is -2.17. The summed E-state index contributed by atoms with van der Waals surface area (Å²) >= 11 is 0. The maximum Gasteiger partial charge on any atom is 0.258 e. The molecule has 3 aromatic rings. The molecule has 34 heavy (non-hydrogen) atoms. The molecule has 1 fully saturated rings. The smallest absolute Gasteiger partial charge is 0.258 e. The average Bonchev–Trinajstić information content (AvgIpc) is 3.55. The van der Waals surface area contributed by atoms with Gasteiger partial charge in [-0.15, -0.1) is 24.8 Å². The zero-order valence-electron chi connectivity index (χ0n) is 17.6. The Bertz CT molecular complexity index is 1170. The number of hydrogen-bond donors (Lipinski definition) is 2. The summed E-state index contributed by atoms with van der Waals surface area (Å²) in [7, 11) is 0. The molecule has 11 heteroatoms. The first-order valence-corrected chi connectivity index (χ1v) is 9.86. The van der Waals surface area contributed by atoms with Crippen LogP contribution in [-0.4, -0.2) is 24.0 Å². The first kappa shape index (κ1) is 27.4. The molecule has 182 valence electrons. The maximum atomic E-state index is 15.1. The largest absolute Gasteiger partial charge is 0.491 e. The van der Waals surface area contributed by atoms with Gasteiger partial charge >= 0.3 is 0 Å². The van der Waals surface area contributed by atoms with E-state index in [0.29, 0.717) is 18.9 Å². The lowest BCUT2D eigenvalue weighted by molar-refractivity contribution is 0.102. The molecule has 0 saturated heterocycles. The predicted octanol–water partition coefficient (Wildman–Crippen LogP) is 5.52. The first-order chi connectivity index (χ1) is 15.3. The number of rotatable bonds is 7. The lowest BCUT2D eigenvalue weighted by atomic mass is 9.99. The van der Waals surface area contributed by atoms with E-state index < -0.39 is 45.9 Å². The summed E-state index contributed by atoms with van der Waals surface area (Å²) in [5.74, 6) is -5.56. The molecule has 4 rings (SSSR count). The third-order valence-corrected chi connectivity index (χ3v) is 5.50. The number of aromatic nitrogens is 1. The van der Waals surface area contributed by atoms with Gasteiger partial charge < -0.3 is 15.8 Å². The van der Waals surface area contributed by atoms with Gasteiger partial charge in [-0.25, -0.2) is 17.6 Å². The van der Waals surface area contributed by atoms with Crippen molar-refractivity contribution >= 4 is 36.4 Å². The Morgan fingerprint density at radius 1 is 1.00 bits per heavy atom. The van der Waals surface area contributed by atoms with Crippen molar-refractivity contribution in [3.05, 3.63) is 77.6 Å². The summed E-state index contributed by atoms with van der Waals surface area (Å²) in [6, 6.07) is 6.02. The second-order valence-electron chi connectivity index (χ2n) is 7.70. The second-order valence-corrected chi connectivity index (χ2v) is 7.70. The number of nitrogens with two attached hydrogens (primary N) is 1. The van der Waals surface area contributed by atoms with Crippen LogP contribution in [0.4, 0.5) is 23.2 Å². The molecular formula is C23H21Cl2F4N3O2. The van der Waals surface area contributed by atoms with Gasteiger partial charge in [-0.3, -0.25) is 9.78 Å². The van der Waals surface area contributed by atoms with Gasteiger partial charge in [-0.05, 0) is 37.1 Å². The molecule has 0 atom stereocenters. The van der Waals surface area contributed by atoms with E-state index in [1.165, 1.54) is 18.5 Å². The van der Waals surface area contributed by atoms with Gasteiger partial charge in [0.2, 0.25) is 0 Å². The molecule has 0 aliphatic heterocycles. The summed E-state index contributed by atoms with van der Waals surface area (Å²) < 4.78 is 63.5. The standard InChI is InChI=1S/C23H19F4N3O2.2ClH/c24-14-2-1-3-15(25)19(14)20-16(26)5-4-13(21(20)27)22(31)30-17-10-29-9-6-18(17)32-12-23(11-28)7-8-23;;/h1-6,9-10H,7-8,11-12,28H2,(H,30,31);2*1H. The van der Waals surface area contributed by atoms with Crippen LogP contribution in [0.1, 0.15) is 23.2 Å². The highest BCUT2D eigenvalue weighted by Crippen LogP contribution is 2.45. The number of ether oxygens (including phenoxy) is 1. The van der Waals surface area contributed by atoms with Crippen molar-refractivity contribution < 1.29 is 27.1 Å². The van der Waals surface area contributed by atoms with Crippen molar-refractivity contribution in [3.63, 3.8) is 0 Å². The molecule has 1 aliphatic rings. The Labute approximate surface area is 205 Å². The van der Waals surface area contributed by atoms with E-state index in [1.807, 2.05) is 0 Å². The quantitative estimate of drug-likeness (QED) is 0.404. The molecule has 0 spiro atoms. The van der Waals surface area contributed by atoms with Gasteiger partial charge in [0, 0.05) is 24.2 Å². The number of hydrogen-bond acceptors (Lipinski definition) is 4. The fourth-order valence-corrected chi connectivity index (χ4v) is 3.30. The van der Waals surface area contributed by atoms with Crippen molar-refractivity contribution in [2.24, 2.45) is 11.1 Å². The van der Waals surface area contributed by atoms with Crippen LogP contribution in [0, 0.1) is 28.7 Å². The molecule has 0 unspecified atom stereocenters. The Morgan fingerprint density at radius 2 is 1.65 bits per heavy atom. The normalized spacial score (nSPS) is 13.3. The zero-order valence-corrected chi connectivity index (χ0v) is 19.2. The first-order valence-electron chi connectivity index (χ1n) is 9.86. The number of nitrogens with one attached hydrogen (secondary N) is 1. The van der Waals surface area contributed by atoms with Crippen molar-refractivity contribution in [2.75, 3.05) is 18.5 Å². The average molecular weight is 518 g/mol. The van der Waals surface area contributed by atoms with Gasteiger partial charge in [0.15, 0.2) is 0 Å². The number of halogens is 6. The van der Waals surface area contributed by atoms with E-state index in [2.05, 4.69) is 10.3 Å². The van der Waals surface area contributed by atoms with Crippen molar-refractivity contribution in [3.8, 4) is 16.9 Å². The highest BCUT2D eigenvalue weighted by molar-refractivity contribution is 6.06. The van der Waals surface area contributed by atoms with Crippen LogP contribution in [-0.2, 0) is 0 Å². The number of benzene rings is 2. The van der Waals surface area contributed by atoms with E-state index >= 15 is 4.39 Å². The zero-order chi connectivity index (χ0) is 22.9. The Kier molecular flexibility index (Phi) is 8.88. The van der Waals surface area contributed by atoms with Crippen LogP contribution in [0.15, 0.2) is 48.8 Å². The molecule has 5 nitrogen and oxygen atoms in total. The van der Waals surface area contributed by atoms with Gasteiger partial charge in [0.25, 0.3) is 5.91 Å². The number of carbonyl (C=O) groups excluding carboxylic acids is 1. The van der Waals surface area contributed by atoms with Crippen molar-refractivity contribution in [1.82, 2.24) is 4.98 Å². The molecule has 1 saturated carbocycles. The number of anilines is 1. The molecule has 0 bridgehead atoms. The fraction of sp³-hybridized carbons (Fsp3) is 0.217. The van der Waals surface area contributed by atoms with Gasteiger partial charge in [-0.1, -0.05) is 6.07 Å². The summed E-state index contributed by atoms with van der Waals surface area (Å²) in [6.45, 7) is 0.813. The predicted molar refractivity (Wildman–Crippen MR) is 125 cm³/mol. The molecule has 1 heterocycles. The number of nitrogens with zero attached hydrogens (tertiary/aromatic N) is 1. The molecule has 0 radical (unpaired) electrons. The van der Waals surface area contributed by atoms with Crippen LogP contribution >= 0.6 is 24.8 Å².